The lowest BCUT2D eigenvalue weighted by molar-refractivity contribution is -0.127. The minimum absolute atomic E-state index is 0.196. The number of hydrogen-bond acceptors (Lipinski definition) is 1. The third-order valence-electron chi connectivity index (χ3n) is 4.23. The molecule has 1 aliphatic carbocycles. The fraction of sp³-hybridized carbons (Fsp3) is 0.929. The Kier molecular flexibility index (Phi) is 5.98. The van der Waals surface area contributed by atoms with Gasteiger partial charge in [0.05, 0.1) is 0 Å². The molecule has 0 aromatic rings. The number of alkyl halides is 1. The molecule has 3 heteroatoms. The summed E-state index contributed by atoms with van der Waals surface area (Å²) in [6.07, 6.45) is 5.73. The zero-order valence-corrected chi connectivity index (χ0v) is 13.0. The van der Waals surface area contributed by atoms with Crippen LogP contribution in [-0.4, -0.2) is 17.8 Å². The highest BCUT2D eigenvalue weighted by atomic mass is 79.9. The van der Waals surface area contributed by atoms with E-state index in [1.54, 1.807) is 0 Å². The highest BCUT2D eigenvalue weighted by molar-refractivity contribution is 9.09. The summed E-state index contributed by atoms with van der Waals surface area (Å²) in [4.78, 5) is 12.2. The predicted molar refractivity (Wildman–Crippen MR) is 76.3 cm³/mol. The van der Waals surface area contributed by atoms with Crippen LogP contribution in [-0.2, 0) is 4.79 Å². The van der Waals surface area contributed by atoms with Crippen LogP contribution in [0.1, 0.15) is 52.9 Å². The first-order valence-electron chi connectivity index (χ1n) is 6.85. The average molecular weight is 304 g/mol. The number of halogens is 1. The van der Waals surface area contributed by atoms with Crippen LogP contribution in [0.2, 0.25) is 0 Å². The average Bonchev–Trinajstić information content (AvgIpc) is 2.63. The first kappa shape index (κ1) is 15.0. The Labute approximate surface area is 114 Å². The molecular weight excluding hydrogens is 278 g/mol. The maximum Gasteiger partial charge on any atom is 0.223 e. The smallest absolute Gasteiger partial charge is 0.223 e. The summed E-state index contributed by atoms with van der Waals surface area (Å²) in [6, 6.07) is 0. The van der Waals surface area contributed by atoms with Gasteiger partial charge in [0.15, 0.2) is 0 Å². The van der Waals surface area contributed by atoms with Crippen LogP contribution in [0.15, 0.2) is 0 Å². The molecule has 1 N–H and O–H groups in total. The topological polar surface area (TPSA) is 29.1 Å². The number of carbonyl (C=O) groups is 1. The van der Waals surface area contributed by atoms with Crippen LogP contribution in [0.5, 0.6) is 0 Å². The standard InChI is InChI=1S/C14H26BrNO/c1-4-11(7-9-15)10-16-13(17)12-6-5-8-14(12,2)3/h11-12H,4-10H2,1-3H3,(H,16,17). The number of hydrogen-bond donors (Lipinski definition) is 1. The van der Waals surface area contributed by atoms with Crippen molar-refractivity contribution in [3.63, 3.8) is 0 Å². The first-order chi connectivity index (χ1) is 8.01. The maximum absolute atomic E-state index is 12.2. The number of amides is 1. The largest absolute Gasteiger partial charge is 0.356 e. The molecule has 0 heterocycles. The van der Waals surface area contributed by atoms with Crippen molar-refractivity contribution in [2.75, 3.05) is 11.9 Å². The summed E-state index contributed by atoms with van der Waals surface area (Å²) in [6.45, 7) is 7.48. The number of rotatable bonds is 6. The van der Waals surface area contributed by atoms with Crippen molar-refractivity contribution in [1.29, 1.82) is 0 Å². The van der Waals surface area contributed by atoms with Gasteiger partial charge in [0.2, 0.25) is 5.91 Å². The van der Waals surface area contributed by atoms with E-state index in [0.717, 1.165) is 31.1 Å². The molecule has 1 amide bonds. The van der Waals surface area contributed by atoms with Crippen LogP contribution < -0.4 is 5.32 Å². The Balaban J connectivity index is 2.39. The van der Waals surface area contributed by atoms with Gasteiger partial charge in [0, 0.05) is 17.8 Å². The SMILES string of the molecule is CCC(CCBr)CNC(=O)C1CCCC1(C)C. The molecule has 1 fully saturated rings. The molecule has 2 nitrogen and oxygen atoms in total. The lowest BCUT2D eigenvalue weighted by Gasteiger charge is -2.26. The second kappa shape index (κ2) is 6.77. The van der Waals surface area contributed by atoms with Crippen molar-refractivity contribution in [2.24, 2.45) is 17.3 Å². The van der Waals surface area contributed by atoms with E-state index < -0.39 is 0 Å². The van der Waals surface area contributed by atoms with E-state index in [1.807, 2.05) is 0 Å². The van der Waals surface area contributed by atoms with Gasteiger partial charge in [-0.25, -0.2) is 0 Å². The second-order valence-electron chi connectivity index (χ2n) is 5.93. The number of nitrogens with one attached hydrogen (secondary N) is 1. The van der Waals surface area contributed by atoms with Gasteiger partial charge in [-0.2, -0.15) is 0 Å². The van der Waals surface area contributed by atoms with Crippen molar-refractivity contribution in [3.8, 4) is 0 Å². The molecular formula is C14H26BrNO. The first-order valence-corrected chi connectivity index (χ1v) is 7.97. The zero-order chi connectivity index (χ0) is 12.9. The molecule has 1 aliphatic rings. The normalized spacial score (nSPS) is 24.6. The summed E-state index contributed by atoms with van der Waals surface area (Å²) in [5, 5.41) is 4.18. The Hall–Kier alpha value is -0.0500. The summed E-state index contributed by atoms with van der Waals surface area (Å²) in [5.74, 6) is 1.12. The quantitative estimate of drug-likeness (QED) is 0.744. The third-order valence-corrected chi connectivity index (χ3v) is 4.69. The Morgan fingerprint density at radius 3 is 2.71 bits per heavy atom. The van der Waals surface area contributed by atoms with E-state index in [1.165, 1.54) is 12.8 Å². The van der Waals surface area contributed by atoms with Crippen LogP contribution >= 0.6 is 15.9 Å². The van der Waals surface area contributed by atoms with Gasteiger partial charge in [-0.3, -0.25) is 4.79 Å². The minimum atomic E-state index is 0.196. The summed E-state index contributed by atoms with van der Waals surface area (Å²) in [7, 11) is 0. The third kappa shape index (κ3) is 4.27. The molecule has 0 saturated heterocycles. The van der Waals surface area contributed by atoms with Crippen molar-refractivity contribution in [3.05, 3.63) is 0 Å². The molecule has 17 heavy (non-hydrogen) atoms. The lowest BCUT2D eigenvalue weighted by Crippen LogP contribution is -2.38. The summed E-state index contributed by atoms with van der Waals surface area (Å²) in [5.41, 5.74) is 0.196. The molecule has 2 atom stereocenters. The molecule has 2 unspecified atom stereocenters. The molecule has 0 radical (unpaired) electrons. The molecule has 0 aromatic heterocycles. The van der Waals surface area contributed by atoms with Gasteiger partial charge in [-0.1, -0.05) is 49.5 Å². The van der Waals surface area contributed by atoms with Gasteiger partial charge in [-0.15, -0.1) is 0 Å². The highest BCUT2D eigenvalue weighted by Gasteiger charge is 2.39. The Bertz CT molecular complexity index is 253. The van der Waals surface area contributed by atoms with E-state index in [0.29, 0.717) is 5.92 Å². The van der Waals surface area contributed by atoms with Gasteiger partial charge < -0.3 is 5.32 Å². The van der Waals surface area contributed by atoms with Crippen molar-refractivity contribution < 1.29 is 4.79 Å². The van der Waals surface area contributed by atoms with Crippen LogP contribution in [0.3, 0.4) is 0 Å². The maximum atomic E-state index is 12.2. The zero-order valence-electron chi connectivity index (χ0n) is 11.4. The minimum Gasteiger partial charge on any atom is -0.356 e. The molecule has 100 valence electrons. The number of carbonyl (C=O) groups excluding carboxylic acids is 1. The monoisotopic (exact) mass is 303 g/mol. The fourth-order valence-electron chi connectivity index (χ4n) is 2.79. The molecule has 0 spiro atoms. The van der Waals surface area contributed by atoms with E-state index in [-0.39, 0.29) is 17.2 Å². The molecule has 1 rings (SSSR count). The molecule has 0 bridgehead atoms. The van der Waals surface area contributed by atoms with Crippen molar-refractivity contribution in [2.45, 2.75) is 52.9 Å². The lowest BCUT2D eigenvalue weighted by atomic mass is 9.81. The van der Waals surface area contributed by atoms with Crippen LogP contribution in [0, 0.1) is 17.3 Å². The highest BCUT2D eigenvalue weighted by Crippen LogP contribution is 2.42. The van der Waals surface area contributed by atoms with Gasteiger partial charge in [0.1, 0.15) is 0 Å². The Morgan fingerprint density at radius 2 is 2.24 bits per heavy atom. The van der Waals surface area contributed by atoms with E-state index >= 15 is 0 Å². The van der Waals surface area contributed by atoms with Gasteiger partial charge >= 0.3 is 0 Å². The Morgan fingerprint density at radius 1 is 1.53 bits per heavy atom. The van der Waals surface area contributed by atoms with Crippen LogP contribution in [0.25, 0.3) is 0 Å². The molecule has 1 saturated carbocycles. The van der Waals surface area contributed by atoms with E-state index in [9.17, 15) is 4.79 Å². The van der Waals surface area contributed by atoms with Crippen molar-refractivity contribution in [1.82, 2.24) is 5.32 Å². The van der Waals surface area contributed by atoms with Gasteiger partial charge in [0.25, 0.3) is 0 Å². The van der Waals surface area contributed by atoms with E-state index in [2.05, 4.69) is 42.0 Å². The van der Waals surface area contributed by atoms with Crippen molar-refractivity contribution >= 4 is 21.8 Å². The van der Waals surface area contributed by atoms with E-state index in [4.69, 9.17) is 0 Å². The fourth-order valence-corrected chi connectivity index (χ4v) is 3.43. The molecule has 0 aliphatic heterocycles. The summed E-state index contributed by atoms with van der Waals surface area (Å²) >= 11 is 3.47. The van der Waals surface area contributed by atoms with Crippen LogP contribution in [0.4, 0.5) is 0 Å². The predicted octanol–water partition coefficient (Wildman–Crippen LogP) is 3.74. The second-order valence-corrected chi connectivity index (χ2v) is 6.72. The molecule has 0 aromatic carbocycles. The summed E-state index contributed by atoms with van der Waals surface area (Å²) < 4.78 is 0. The van der Waals surface area contributed by atoms with Gasteiger partial charge in [-0.05, 0) is 30.6 Å².